The summed E-state index contributed by atoms with van der Waals surface area (Å²) in [5.41, 5.74) is 14.9. The standard InChI is InChI=1S/C31H28NO.C18H15O.C13H15NO.C8H8O.C4H6O3.C2H4O2.2BF4/c1-31(2)27-18-10-11-19-28(27)32(3)30(31)20-12-17-26-21-25(23-13-6-4-7-14-23)22-29(33-26)24-15-8-5-9-16-24;1-14-12-17(15-8-4-2-5-9-15)13-18(19-14)16-10-6-3-7-11-16;1-13(2)10-6-4-5-7-11(10)14(3)12(13)8-9-15;1-7(9)8-5-3-2-4-6-8;1-3(5)7-4(2)6;1-2(3)4;2*2-1(3,4)5/h4-22H,1-3H3;2-13H,1H3;4-9H,1-3H3;2-6H,1H3;1-2H3;1H3,(H,3,4);;/q2*+1;;;;;2*-1/b;;12-8+;;;;;. The van der Waals surface area contributed by atoms with E-state index in [9.17, 15) is 53.7 Å². The van der Waals surface area contributed by atoms with Gasteiger partial charge in [-0.15, -0.1) is 0 Å². The normalized spacial score (nSPS) is 14.3. The fourth-order valence-electron chi connectivity index (χ4n) is 10.1. The molecule has 97 heavy (non-hydrogen) atoms. The number of aryl methyl sites for hydroxylation is 1. The number of carbonyl (C=O) groups is 5. The Kier molecular flexibility index (Phi) is 30.2. The Morgan fingerprint density at radius 2 is 0.990 bits per heavy atom. The van der Waals surface area contributed by atoms with Crippen molar-refractivity contribution in [2.24, 2.45) is 0 Å². The molecular formula is C76H76B2F8N2O9. The maximum Gasteiger partial charge on any atom is 0.673 e. The molecule has 0 fully saturated rings. The summed E-state index contributed by atoms with van der Waals surface area (Å²) in [6.07, 6.45) is 13.1. The first-order chi connectivity index (χ1) is 45.6. The van der Waals surface area contributed by atoms with Crippen molar-refractivity contribution in [2.75, 3.05) is 19.0 Å². The minimum Gasteiger partial charge on any atom is -0.481 e. The first kappa shape index (κ1) is 78.6. The van der Waals surface area contributed by atoms with Gasteiger partial charge in [-0.1, -0.05) is 196 Å². The summed E-state index contributed by atoms with van der Waals surface area (Å²) in [5, 5.41) is 7.42. The average Bonchev–Trinajstić information content (AvgIpc) is 1.61. The number of nitrogens with zero attached hydrogens (tertiary/aromatic N) is 2. The van der Waals surface area contributed by atoms with E-state index in [1.54, 1.807) is 13.0 Å². The number of ether oxygens (including phenoxy) is 2. The number of para-hydroxylation sites is 2. The summed E-state index contributed by atoms with van der Waals surface area (Å²) in [5.74, 6) is 1.66. The number of carboxylic acid groups (broad SMARTS) is 1. The van der Waals surface area contributed by atoms with Crippen LogP contribution in [0.5, 0.6) is 0 Å². The Labute approximate surface area is 561 Å². The zero-order chi connectivity index (χ0) is 72.1. The van der Waals surface area contributed by atoms with Crippen molar-refractivity contribution in [2.45, 2.75) is 73.1 Å². The lowest BCUT2D eigenvalue weighted by Crippen LogP contribution is -2.26. The molecule has 0 amide bonds. The third-order valence-electron chi connectivity index (χ3n) is 14.1. The topological polar surface area (TPSA) is 142 Å². The van der Waals surface area contributed by atoms with E-state index in [0.717, 1.165) is 64.2 Å². The third-order valence-corrected chi connectivity index (χ3v) is 14.1. The zero-order valence-electron chi connectivity index (χ0n) is 55.5. The zero-order valence-corrected chi connectivity index (χ0v) is 55.5. The molecule has 0 radical (unpaired) electrons. The molecular weight excluding hydrogens is 1260 g/mol. The summed E-state index contributed by atoms with van der Waals surface area (Å²) >= 11 is 0. The van der Waals surface area contributed by atoms with Crippen molar-refractivity contribution in [1.29, 1.82) is 0 Å². The highest BCUT2D eigenvalue weighted by atomic mass is 19.5. The highest BCUT2D eigenvalue weighted by molar-refractivity contribution is 6.50. The van der Waals surface area contributed by atoms with Crippen LogP contribution in [0.1, 0.15) is 93.8 Å². The molecule has 0 spiro atoms. The minimum absolute atomic E-state index is 0.0477. The molecule has 7 aromatic carbocycles. The maximum absolute atomic E-state index is 10.6. The van der Waals surface area contributed by atoms with Gasteiger partial charge in [0.2, 0.25) is 5.69 Å². The molecule has 1 N–H and O–H groups in total. The predicted octanol–water partition coefficient (Wildman–Crippen LogP) is 19.7. The van der Waals surface area contributed by atoms with E-state index < -0.39 is 32.4 Å². The number of fused-ring (bicyclic) bond motifs is 2. The van der Waals surface area contributed by atoms with Crippen molar-refractivity contribution < 1.29 is 82.1 Å². The Balaban J connectivity index is 0.000000266. The Morgan fingerprint density at radius 1 is 0.557 bits per heavy atom. The molecule has 3 aliphatic rings. The van der Waals surface area contributed by atoms with Gasteiger partial charge >= 0.3 is 38.0 Å². The van der Waals surface area contributed by atoms with Crippen LogP contribution in [0.15, 0.2) is 265 Å². The van der Waals surface area contributed by atoms with Crippen molar-refractivity contribution in [3.8, 4) is 22.5 Å². The van der Waals surface area contributed by atoms with E-state index >= 15 is 0 Å². The number of likely N-dealkylation sites (N-methyl/N-ethyl adjacent to an activating group) is 1. The summed E-state index contributed by atoms with van der Waals surface area (Å²) in [6, 6.07) is 71.5. The van der Waals surface area contributed by atoms with Gasteiger partial charge in [-0.2, -0.15) is 4.58 Å². The van der Waals surface area contributed by atoms with Crippen LogP contribution in [0.2, 0.25) is 0 Å². The molecule has 8 aromatic rings. The van der Waals surface area contributed by atoms with Gasteiger partial charge in [0.1, 0.15) is 24.9 Å². The molecule has 3 aliphatic heterocycles. The third kappa shape index (κ3) is 26.8. The fourth-order valence-corrected chi connectivity index (χ4v) is 10.1. The van der Waals surface area contributed by atoms with Gasteiger partial charge in [-0.25, -0.2) is 4.42 Å². The number of aliphatic carboxylic acids is 1. The average molecular weight is 1340 g/mol. The molecule has 0 saturated carbocycles. The summed E-state index contributed by atoms with van der Waals surface area (Å²) in [4.78, 5) is 52.0. The van der Waals surface area contributed by atoms with E-state index in [1.807, 2.05) is 105 Å². The largest absolute Gasteiger partial charge is 0.673 e. The minimum atomic E-state index is -6.00. The number of anilines is 1. The summed E-state index contributed by atoms with van der Waals surface area (Å²) < 4.78 is 96.4. The van der Waals surface area contributed by atoms with Gasteiger partial charge in [0.15, 0.2) is 11.5 Å². The number of hydrogen-bond donors (Lipinski definition) is 1. The quantitative estimate of drug-likeness (QED) is 0.0180. The van der Waals surface area contributed by atoms with Crippen molar-refractivity contribution in [1.82, 2.24) is 0 Å². The van der Waals surface area contributed by atoms with E-state index in [1.165, 1.54) is 58.8 Å². The number of ketones is 1. The number of esters is 2. The van der Waals surface area contributed by atoms with Crippen molar-refractivity contribution >= 4 is 72.9 Å². The number of carboxylic acids is 1. The van der Waals surface area contributed by atoms with E-state index in [0.29, 0.717) is 0 Å². The lowest BCUT2D eigenvalue weighted by atomic mass is 9.81. The second-order valence-corrected chi connectivity index (χ2v) is 22.4. The van der Waals surface area contributed by atoms with Gasteiger partial charge in [0.05, 0.1) is 24.0 Å². The van der Waals surface area contributed by atoms with Gasteiger partial charge in [0, 0.05) is 85.1 Å². The molecule has 1 aromatic heterocycles. The number of allylic oxidation sites excluding steroid dienone is 8. The molecule has 11 rings (SSSR count). The lowest BCUT2D eigenvalue weighted by Gasteiger charge is -2.23. The lowest BCUT2D eigenvalue weighted by molar-refractivity contribution is -0.401. The highest BCUT2D eigenvalue weighted by Crippen LogP contribution is 2.46. The van der Waals surface area contributed by atoms with Crippen LogP contribution >= 0.6 is 0 Å². The van der Waals surface area contributed by atoms with Crippen molar-refractivity contribution in [3.63, 3.8) is 0 Å². The Bertz CT molecular complexity index is 4020. The van der Waals surface area contributed by atoms with E-state index in [4.69, 9.17) is 19.1 Å². The molecule has 21 heteroatoms. The molecule has 4 heterocycles. The van der Waals surface area contributed by atoms with Crippen LogP contribution in [0.3, 0.4) is 0 Å². The van der Waals surface area contributed by atoms with Gasteiger partial charge in [-0.3, -0.25) is 24.0 Å². The number of Topliss-reactive ketones (excluding diaryl/α,β-unsaturated/α-hetero) is 1. The number of carbonyl (C=O) groups excluding carboxylic acids is 4. The van der Waals surface area contributed by atoms with E-state index in [2.05, 4.69) is 201 Å². The summed E-state index contributed by atoms with van der Waals surface area (Å²) in [6.45, 7) is 15.8. The van der Waals surface area contributed by atoms with Crippen LogP contribution in [0.4, 0.5) is 45.9 Å². The molecule has 0 saturated heterocycles. The first-order valence-electron chi connectivity index (χ1n) is 30.2. The van der Waals surface area contributed by atoms with Gasteiger partial charge in [-0.05, 0) is 85.5 Å². The second-order valence-electron chi connectivity index (χ2n) is 22.4. The Hall–Kier alpha value is -10.8. The first-order valence-corrected chi connectivity index (χ1v) is 30.2. The highest BCUT2D eigenvalue weighted by Gasteiger charge is 2.42. The Morgan fingerprint density at radius 3 is 1.43 bits per heavy atom. The molecule has 0 unspecified atom stereocenters. The number of aldehydes is 1. The van der Waals surface area contributed by atoms with Crippen LogP contribution in [-0.2, 0) is 39.5 Å². The fraction of sp³-hybridized carbons (Fsp3) is 0.171. The molecule has 0 aliphatic carbocycles. The monoisotopic (exact) mass is 1330 g/mol. The predicted molar refractivity (Wildman–Crippen MR) is 371 cm³/mol. The number of benzene rings is 7. The second kappa shape index (κ2) is 37.3. The van der Waals surface area contributed by atoms with Crippen LogP contribution in [-0.4, -0.2) is 74.0 Å². The molecule has 0 bridgehead atoms. The van der Waals surface area contributed by atoms with E-state index in [-0.39, 0.29) is 16.6 Å². The number of halogens is 8. The molecule has 11 nitrogen and oxygen atoms in total. The van der Waals surface area contributed by atoms with Crippen LogP contribution in [0.25, 0.3) is 33.8 Å². The number of rotatable bonds is 8. The van der Waals surface area contributed by atoms with Crippen LogP contribution in [0, 0.1) is 6.92 Å². The van der Waals surface area contributed by atoms with Crippen LogP contribution < -0.4 is 4.90 Å². The maximum atomic E-state index is 10.6. The summed E-state index contributed by atoms with van der Waals surface area (Å²) in [7, 11) is -7.86. The SMILES string of the molecule is CC(=O)O.CC(=O)OC(C)=O.CC(=O)c1ccccc1.CN1/C(=C/C=O)C(C)(C)c2ccccc21.C[N+]1=C(C=CC=C2C=C(c3ccccc3)C=C(c3ccccc3)O2)C(C)(C)c2ccccc21.Cc1cc(-c2ccccc2)cc(-c2ccccc2)[o+]1.F[B-](F)(F)F.F[B-](F)(F)F. The van der Waals surface area contributed by atoms with Crippen molar-refractivity contribution in [3.05, 3.63) is 294 Å². The molecule has 506 valence electrons. The van der Waals surface area contributed by atoms with Gasteiger partial charge in [0.25, 0.3) is 5.97 Å². The van der Waals surface area contributed by atoms with Gasteiger partial charge < -0.3 is 54.0 Å². The number of hydrogen-bond acceptors (Lipinski definition) is 8. The molecule has 0 atom stereocenters. The smallest absolute Gasteiger partial charge is 0.481 e.